The predicted molar refractivity (Wildman–Crippen MR) is 165 cm³/mol. The zero-order chi connectivity index (χ0) is 26.2. The first-order valence-corrected chi connectivity index (χ1v) is 13.4. The zero-order valence-electron chi connectivity index (χ0n) is 22.6. The Balaban J connectivity index is 1.86. The molecule has 0 aliphatic rings. The molecule has 0 spiro atoms. The first-order chi connectivity index (χ1) is 18.5. The molecule has 0 unspecified atom stereocenters. The van der Waals surface area contributed by atoms with Gasteiger partial charge in [0.1, 0.15) is 0 Å². The molecule has 6 aromatic carbocycles. The Hall–Kier alpha value is -4.20. The SMILES string of the molecule is Cc1ccccc1-c1cc2cc3ccccc3cc2c(-c2ccccc2CN(C)C)c1-c1ccccc1C. The van der Waals surface area contributed by atoms with E-state index in [2.05, 4.69) is 148 Å². The molecule has 0 amide bonds. The molecule has 0 fully saturated rings. The summed E-state index contributed by atoms with van der Waals surface area (Å²) in [4.78, 5) is 2.26. The number of hydrogen-bond acceptors (Lipinski definition) is 1. The van der Waals surface area contributed by atoms with Crippen LogP contribution in [-0.2, 0) is 6.54 Å². The van der Waals surface area contributed by atoms with E-state index in [0.29, 0.717) is 0 Å². The van der Waals surface area contributed by atoms with E-state index in [9.17, 15) is 0 Å². The number of benzene rings is 6. The van der Waals surface area contributed by atoms with Crippen LogP contribution in [0.25, 0.3) is 54.9 Å². The molecule has 186 valence electrons. The third kappa shape index (κ3) is 4.30. The van der Waals surface area contributed by atoms with Crippen LogP contribution in [0.2, 0.25) is 0 Å². The summed E-state index contributed by atoms with van der Waals surface area (Å²) in [6.07, 6.45) is 0. The van der Waals surface area contributed by atoms with Gasteiger partial charge in [0.05, 0.1) is 0 Å². The lowest BCUT2D eigenvalue weighted by atomic mass is 9.80. The Kier molecular flexibility index (Phi) is 6.31. The molecular weight excluding hydrogens is 458 g/mol. The van der Waals surface area contributed by atoms with E-state index < -0.39 is 0 Å². The van der Waals surface area contributed by atoms with Crippen LogP contribution in [0.15, 0.2) is 115 Å². The monoisotopic (exact) mass is 491 g/mol. The Morgan fingerprint density at radius 3 is 1.68 bits per heavy atom. The molecule has 6 rings (SSSR count). The van der Waals surface area contributed by atoms with Crippen molar-refractivity contribution in [3.63, 3.8) is 0 Å². The van der Waals surface area contributed by atoms with Crippen molar-refractivity contribution in [1.82, 2.24) is 4.90 Å². The van der Waals surface area contributed by atoms with E-state index in [1.165, 1.54) is 71.6 Å². The van der Waals surface area contributed by atoms with Crippen molar-refractivity contribution in [2.75, 3.05) is 14.1 Å². The Morgan fingerprint density at radius 2 is 1.03 bits per heavy atom. The normalized spacial score (nSPS) is 11.5. The largest absolute Gasteiger partial charge is 0.305 e. The fourth-order valence-electron chi connectivity index (χ4n) is 5.83. The van der Waals surface area contributed by atoms with Crippen LogP contribution in [0.4, 0.5) is 0 Å². The third-order valence-electron chi connectivity index (χ3n) is 7.63. The van der Waals surface area contributed by atoms with Gasteiger partial charge in [0.25, 0.3) is 0 Å². The second-order valence-corrected chi connectivity index (χ2v) is 10.6. The van der Waals surface area contributed by atoms with E-state index >= 15 is 0 Å². The average Bonchev–Trinajstić information content (AvgIpc) is 2.92. The van der Waals surface area contributed by atoms with Gasteiger partial charge in [-0.25, -0.2) is 0 Å². The van der Waals surface area contributed by atoms with Gasteiger partial charge in [0.15, 0.2) is 0 Å². The highest BCUT2D eigenvalue weighted by Gasteiger charge is 2.22. The van der Waals surface area contributed by atoms with Crippen LogP contribution < -0.4 is 0 Å². The van der Waals surface area contributed by atoms with Gasteiger partial charge < -0.3 is 4.90 Å². The molecule has 0 aliphatic heterocycles. The van der Waals surface area contributed by atoms with E-state index in [-0.39, 0.29) is 0 Å². The average molecular weight is 492 g/mol. The summed E-state index contributed by atoms with van der Waals surface area (Å²) in [5, 5.41) is 5.11. The standard InChI is InChI=1S/C37H33N/c1-25-13-5-10-18-31(25)35-23-30-21-27-15-7-8-16-28(27)22-34(30)37(36(35)32-19-11-6-14-26(32)2)33-20-12-9-17-29(33)24-38(3)4/h5-23H,24H2,1-4H3. The van der Waals surface area contributed by atoms with Gasteiger partial charge in [-0.3, -0.25) is 0 Å². The number of rotatable bonds is 5. The Labute approximate surface area is 226 Å². The van der Waals surface area contributed by atoms with E-state index in [1.54, 1.807) is 0 Å². The van der Waals surface area contributed by atoms with Crippen LogP contribution in [0.1, 0.15) is 16.7 Å². The molecule has 38 heavy (non-hydrogen) atoms. The summed E-state index contributed by atoms with van der Waals surface area (Å²) in [5.74, 6) is 0. The molecule has 0 radical (unpaired) electrons. The molecular formula is C37H33N. The molecule has 6 aromatic rings. The van der Waals surface area contributed by atoms with Gasteiger partial charge in [-0.2, -0.15) is 0 Å². The van der Waals surface area contributed by atoms with Crippen molar-refractivity contribution >= 4 is 21.5 Å². The van der Waals surface area contributed by atoms with Gasteiger partial charge in [0, 0.05) is 6.54 Å². The summed E-state index contributed by atoms with van der Waals surface area (Å²) in [7, 11) is 4.29. The molecule has 0 saturated carbocycles. The number of fused-ring (bicyclic) bond motifs is 2. The third-order valence-corrected chi connectivity index (χ3v) is 7.63. The maximum absolute atomic E-state index is 2.42. The van der Waals surface area contributed by atoms with Crippen LogP contribution in [0.3, 0.4) is 0 Å². The maximum atomic E-state index is 2.42. The zero-order valence-corrected chi connectivity index (χ0v) is 22.6. The maximum Gasteiger partial charge on any atom is 0.0233 e. The summed E-state index contributed by atoms with van der Waals surface area (Å²) >= 11 is 0. The Bertz CT molecular complexity index is 1790. The molecule has 0 bridgehead atoms. The van der Waals surface area contributed by atoms with Gasteiger partial charge in [-0.15, -0.1) is 0 Å². The van der Waals surface area contributed by atoms with Crippen molar-refractivity contribution < 1.29 is 0 Å². The van der Waals surface area contributed by atoms with Crippen molar-refractivity contribution in [2.45, 2.75) is 20.4 Å². The minimum atomic E-state index is 0.882. The lowest BCUT2D eigenvalue weighted by molar-refractivity contribution is 0.403. The molecule has 0 aromatic heterocycles. The van der Waals surface area contributed by atoms with Crippen LogP contribution >= 0.6 is 0 Å². The Morgan fingerprint density at radius 1 is 0.474 bits per heavy atom. The molecule has 0 aliphatic carbocycles. The van der Waals surface area contributed by atoms with Crippen LogP contribution in [0, 0.1) is 13.8 Å². The summed E-state index contributed by atoms with van der Waals surface area (Å²) in [6, 6.07) is 42.5. The van der Waals surface area contributed by atoms with E-state index in [4.69, 9.17) is 0 Å². The lowest BCUT2D eigenvalue weighted by Gasteiger charge is -2.24. The summed E-state index contributed by atoms with van der Waals surface area (Å²) in [5.41, 5.74) is 11.7. The highest BCUT2D eigenvalue weighted by molar-refractivity contribution is 6.14. The quantitative estimate of drug-likeness (QED) is 0.217. The number of hydrogen-bond donors (Lipinski definition) is 0. The highest BCUT2D eigenvalue weighted by atomic mass is 15.0. The second-order valence-electron chi connectivity index (χ2n) is 10.6. The van der Waals surface area contributed by atoms with Crippen molar-refractivity contribution in [3.8, 4) is 33.4 Å². The van der Waals surface area contributed by atoms with Gasteiger partial charge in [0.2, 0.25) is 0 Å². The van der Waals surface area contributed by atoms with Crippen molar-refractivity contribution in [3.05, 3.63) is 132 Å². The van der Waals surface area contributed by atoms with Crippen LogP contribution in [0.5, 0.6) is 0 Å². The van der Waals surface area contributed by atoms with Crippen LogP contribution in [-0.4, -0.2) is 19.0 Å². The highest BCUT2D eigenvalue weighted by Crippen LogP contribution is 2.47. The minimum absolute atomic E-state index is 0.882. The molecule has 1 heteroatoms. The predicted octanol–water partition coefficient (Wildman–Crippen LogP) is 9.67. The van der Waals surface area contributed by atoms with Gasteiger partial charge >= 0.3 is 0 Å². The first kappa shape index (κ1) is 24.2. The fourth-order valence-corrected chi connectivity index (χ4v) is 5.83. The number of aryl methyl sites for hydroxylation is 2. The lowest BCUT2D eigenvalue weighted by Crippen LogP contribution is -2.11. The summed E-state index contributed by atoms with van der Waals surface area (Å²) in [6.45, 7) is 5.34. The minimum Gasteiger partial charge on any atom is -0.305 e. The molecule has 0 N–H and O–H groups in total. The first-order valence-electron chi connectivity index (χ1n) is 13.4. The van der Waals surface area contributed by atoms with E-state index in [0.717, 1.165) is 6.54 Å². The van der Waals surface area contributed by atoms with Crippen molar-refractivity contribution in [1.29, 1.82) is 0 Å². The second kappa shape index (κ2) is 9.93. The van der Waals surface area contributed by atoms with E-state index in [1.807, 2.05) is 0 Å². The summed E-state index contributed by atoms with van der Waals surface area (Å²) < 4.78 is 0. The molecule has 0 heterocycles. The van der Waals surface area contributed by atoms with Crippen molar-refractivity contribution in [2.24, 2.45) is 0 Å². The topological polar surface area (TPSA) is 3.24 Å². The van der Waals surface area contributed by atoms with Gasteiger partial charge in [-0.05, 0) is 118 Å². The fraction of sp³-hybridized carbons (Fsp3) is 0.135. The number of nitrogens with zero attached hydrogens (tertiary/aromatic N) is 1. The molecule has 1 nitrogen and oxygen atoms in total. The molecule has 0 saturated heterocycles. The molecule has 0 atom stereocenters. The van der Waals surface area contributed by atoms with Gasteiger partial charge in [-0.1, -0.05) is 97.1 Å². The smallest absolute Gasteiger partial charge is 0.0233 e.